The molecule has 29 heavy (non-hydrogen) atoms. The van der Waals surface area contributed by atoms with Crippen molar-refractivity contribution in [3.8, 4) is 0 Å². The predicted octanol–water partition coefficient (Wildman–Crippen LogP) is -3.72. The highest BCUT2D eigenvalue weighted by Gasteiger charge is 2.53. The SMILES string of the molecule is COC(=O)[C@H]1O[C@H](O[C@H]2[C@H](O)[C@@H](O)[C@H](N=[N+]=[N-])O[C@@H]2C(=O)OC)[C@H](O)[C@@H](O)[C@@H]1O. The number of nitrogens with zero attached hydrogens (tertiary/aromatic N) is 3. The van der Waals surface area contributed by atoms with Crippen molar-refractivity contribution in [1.29, 1.82) is 0 Å². The molecule has 15 heteroatoms. The lowest BCUT2D eigenvalue weighted by Crippen LogP contribution is -2.65. The zero-order valence-corrected chi connectivity index (χ0v) is 15.2. The van der Waals surface area contributed by atoms with Gasteiger partial charge in [-0.15, -0.1) is 0 Å². The standard InChI is InChI=1S/C14H21N3O12/c1-25-12(23)9-4(19)3(18)7(22)14(29-9)28-8-5(20)6(21)11(16-17-15)27-10(8)13(24)26-2/h3-11,14,18-22H,1-2H3/t3-,4-,5+,6+,7+,8-,9-,10-,11+,14-/m0/s1. The van der Waals surface area contributed by atoms with Gasteiger partial charge < -0.3 is 49.2 Å². The van der Waals surface area contributed by atoms with Crippen LogP contribution in [0.5, 0.6) is 0 Å². The third-order valence-electron chi connectivity index (χ3n) is 4.46. The summed E-state index contributed by atoms with van der Waals surface area (Å²) in [6, 6.07) is 0. The number of hydrogen-bond donors (Lipinski definition) is 5. The lowest BCUT2D eigenvalue weighted by Gasteiger charge is -2.44. The van der Waals surface area contributed by atoms with Gasteiger partial charge >= 0.3 is 11.9 Å². The molecule has 2 saturated heterocycles. The van der Waals surface area contributed by atoms with Crippen molar-refractivity contribution in [3.05, 3.63) is 10.4 Å². The van der Waals surface area contributed by atoms with Crippen molar-refractivity contribution >= 4 is 11.9 Å². The molecule has 164 valence electrons. The van der Waals surface area contributed by atoms with Gasteiger partial charge in [-0.05, 0) is 5.53 Å². The van der Waals surface area contributed by atoms with Gasteiger partial charge in [-0.1, -0.05) is 5.11 Å². The Kier molecular flexibility index (Phi) is 7.70. The van der Waals surface area contributed by atoms with Crippen molar-refractivity contribution in [2.75, 3.05) is 14.2 Å². The summed E-state index contributed by atoms with van der Waals surface area (Å²) in [4.78, 5) is 26.2. The molecule has 0 unspecified atom stereocenters. The lowest BCUT2D eigenvalue weighted by atomic mass is 9.96. The summed E-state index contributed by atoms with van der Waals surface area (Å²) in [6.45, 7) is 0. The molecule has 5 N–H and O–H groups in total. The van der Waals surface area contributed by atoms with Crippen molar-refractivity contribution in [2.24, 2.45) is 5.11 Å². The van der Waals surface area contributed by atoms with Gasteiger partial charge in [0.15, 0.2) is 24.7 Å². The maximum Gasteiger partial charge on any atom is 0.337 e. The molecule has 0 bridgehead atoms. The Hall–Kier alpha value is -2.07. The molecule has 10 atom stereocenters. The first-order valence-corrected chi connectivity index (χ1v) is 8.24. The fraction of sp³-hybridized carbons (Fsp3) is 0.857. The van der Waals surface area contributed by atoms with Gasteiger partial charge in [-0.3, -0.25) is 0 Å². The van der Waals surface area contributed by atoms with Gasteiger partial charge in [0.25, 0.3) is 0 Å². The van der Waals surface area contributed by atoms with Crippen molar-refractivity contribution in [1.82, 2.24) is 0 Å². The number of aliphatic hydroxyl groups is 5. The van der Waals surface area contributed by atoms with E-state index < -0.39 is 73.3 Å². The number of esters is 2. The summed E-state index contributed by atoms with van der Waals surface area (Å²) in [5.74, 6) is -2.18. The van der Waals surface area contributed by atoms with Crippen LogP contribution in [0.3, 0.4) is 0 Å². The zero-order chi connectivity index (χ0) is 21.9. The molecule has 15 nitrogen and oxygen atoms in total. The average Bonchev–Trinajstić information content (AvgIpc) is 2.72. The van der Waals surface area contributed by atoms with E-state index in [9.17, 15) is 35.1 Å². The minimum Gasteiger partial charge on any atom is -0.467 e. The van der Waals surface area contributed by atoms with E-state index in [0.717, 1.165) is 14.2 Å². The smallest absolute Gasteiger partial charge is 0.337 e. The molecule has 2 aliphatic rings. The summed E-state index contributed by atoms with van der Waals surface area (Å²) in [5.41, 5.74) is 8.51. The van der Waals surface area contributed by atoms with E-state index in [1.807, 2.05) is 0 Å². The molecule has 0 amide bonds. The Balaban J connectivity index is 2.28. The first-order valence-electron chi connectivity index (χ1n) is 8.24. The quantitative estimate of drug-likeness (QED) is 0.124. The summed E-state index contributed by atoms with van der Waals surface area (Å²) < 4.78 is 24.5. The molecule has 2 rings (SSSR count). The molecule has 0 spiro atoms. The van der Waals surface area contributed by atoms with Crippen LogP contribution < -0.4 is 0 Å². The molecule has 0 aromatic carbocycles. The maximum atomic E-state index is 12.0. The van der Waals surface area contributed by atoms with E-state index in [0.29, 0.717) is 0 Å². The average molecular weight is 423 g/mol. The molecular formula is C14H21N3O12. The van der Waals surface area contributed by atoms with Crippen molar-refractivity contribution in [2.45, 2.75) is 61.3 Å². The number of azide groups is 1. The van der Waals surface area contributed by atoms with Crippen LogP contribution in [0.1, 0.15) is 0 Å². The minimum absolute atomic E-state index is 0.988. The van der Waals surface area contributed by atoms with Crippen molar-refractivity contribution < 1.29 is 58.8 Å². The molecule has 2 fully saturated rings. The molecule has 0 saturated carbocycles. The first kappa shape index (κ1) is 23.2. The Morgan fingerprint density at radius 3 is 2.00 bits per heavy atom. The second kappa shape index (κ2) is 9.62. The summed E-state index contributed by atoms with van der Waals surface area (Å²) in [6.07, 6.45) is -18.2. The summed E-state index contributed by atoms with van der Waals surface area (Å²) in [5, 5.41) is 53.4. The third kappa shape index (κ3) is 4.58. The molecule has 0 radical (unpaired) electrons. The fourth-order valence-corrected chi connectivity index (χ4v) is 2.88. The van der Waals surface area contributed by atoms with Crippen LogP contribution in [0.2, 0.25) is 0 Å². The number of carbonyl (C=O) groups is 2. The van der Waals surface area contributed by atoms with Gasteiger partial charge in [0.2, 0.25) is 0 Å². The largest absolute Gasteiger partial charge is 0.467 e. The van der Waals surface area contributed by atoms with Crippen molar-refractivity contribution in [3.63, 3.8) is 0 Å². The minimum atomic E-state index is -1.93. The van der Waals surface area contributed by atoms with Crippen LogP contribution in [0, 0.1) is 0 Å². The fourth-order valence-electron chi connectivity index (χ4n) is 2.88. The highest BCUT2D eigenvalue weighted by atomic mass is 16.7. The van der Waals surface area contributed by atoms with Gasteiger partial charge in [-0.25, -0.2) is 9.59 Å². The Bertz CT molecular complexity index is 658. The number of rotatable bonds is 5. The molecule has 2 aliphatic heterocycles. The molecule has 0 aliphatic carbocycles. The van der Waals surface area contributed by atoms with E-state index in [-0.39, 0.29) is 0 Å². The molecule has 2 heterocycles. The van der Waals surface area contributed by atoms with Gasteiger partial charge in [-0.2, -0.15) is 0 Å². The van der Waals surface area contributed by atoms with Gasteiger partial charge in [0.05, 0.1) is 14.2 Å². The number of methoxy groups -OCH3 is 2. The van der Waals surface area contributed by atoms with Crippen LogP contribution in [0.4, 0.5) is 0 Å². The number of aliphatic hydroxyl groups excluding tert-OH is 5. The van der Waals surface area contributed by atoms with Crippen LogP contribution in [0.25, 0.3) is 10.4 Å². The normalized spacial score (nSPS) is 42.4. The Morgan fingerprint density at radius 1 is 0.862 bits per heavy atom. The monoisotopic (exact) mass is 423 g/mol. The van der Waals surface area contributed by atoms with Gasteiger partial charge in [0, 0.05) is 4.91 Å². The highest BCUT2D eigenvalue weighted by molar-refractivity contribution is 5.76. The van der Waals surface area contributed by atoms with E-state index in [2.05, 4.69) is 19.5 Å². The summed E-state index contributed by atoms with van der Waals surface area (Å²) >= 11 is 0. The number of ether oxygens (including phenoxy) is 5. The Labute approximate surface area is 162 Å². The highest BCUT2D eigenvalue weighted by Crippen LogP contribution is 2.30. The zero-order valence-electron chi connectivity index (χ0n) is 15.2. The second-order valence-corrected chi connectivity index (χ2v) is 6.18. The van der Waals surface area contributed by atoms with E-state index in [1.165, 1.54) is 0 Å². The number of carbonyl (C=O) groups excluding carboxylic acids is 2. The maximum absolute atomic E-state index is 12.0. The van der Waals surface area contributed by atoms with Crippen LogP contribution >= 0.6 is 0 Å². The van der Waals surface area contributed by atoms with Crippen LogP contribution in [0.15, 0.2) is 5.11 Å². The van der Waals surface area contributed by atoms with E-state index >= 15 is 0 Å². The molecular weight excluding hydrogens is 402 g/mol. The molecule has 0 aromatic rings. The van der Waals surface area contributed by atoms with Gasteiger partial charge in [0.1, 0.15) is 36.6 Å². The third-order valence-corrected chi connectivity index (χ3v) is 4.46. The second-order valence-electron chi connectivity index (χ2n) is 6.18. The predicted molar refractivity (Wildman–Crippen MR) is 85.4 cm³/mol. The number of hydrogen-bond acceptors (Lipinski definition) is 13. The van der Waals surface area contributed by atoms with E-state index in [1.54, 1.807) is 0 Å². The van der Waals surface area contributed by atoms with Crippen LogP contribution in [-0.4, -0.2) is 113 Å². The topological polar surface area (TPSA) is 230 Å². The Morgan fingerprint density at radius 2 is 1.45 bits per heavy atom. The van der Waals surface area contributed by atoms with E-state index in [4.69, 9.17) is 19.7 Å². The summed E-state index contributed by atoms with van der Waals surface area (Å²) in [7, 11) is 1.98. The molecule has 0 aromatic heterocycles. The first-order chi connectivity index (χ1) is 13.7. The van der Waals surface area contributed by atoms with Crippen LogP contribution in [-0.2, 0) is 33.3 Å². The lowest BCUT2D eigenvalue weighted by molar-refractivity contribution is -0.333.